The van der Waals surface area contributed by atoms with Crippen LogP contribution in [0.3, 0.4) is 0 Å². The number of esters is 1. The molecular formula is C27H28BrNO3S. The van der Waals surface area contributed by atoms with Gasteiger partial charge in [0.2, 0.25) is 0 Å². The van der Waals surface area contributed by atoms with Crippen molar-refractivity contribution < 1.29 is 14.3 Å². The first-order valence-corrected chi connectivity index (χ1v) is 13.3. The van der Waals surface area contributed by atoms with Crippen LogP contribution in [0.5, 0.6) is 0 Å². The van der Waals surface area contributed by atoms with Gasteiger partial charge in [0.25, 0.3) is 0 Å². The van der Waals surface area contributed by atoms with Gasteiger partial charge < -0.3 is 4.74 Å². The number of benzene rings is 2. The first kappa shape index (κ1) is 24.0. The molecule has 3 atom stereocenters. The third-order valence-corrected chi connectivity index (χ3v) is 7.71. The molecule has 2 aliphatic rings. The SMILES string of the molecule is CCSCCOC(=O)C1C(C)=NC2=C(C(=O)C[C@@H](c3ccccc3)C2)[C@@H]1c1ccc(Br)cc1. The van der Waals surface area contributed by atoms with Crippen LogP contribution in [0, 0.1) is 5.92 Å². The highest BCUT2D eigenvalue weighted by Crippen LogP contribution is 2.46. The molecule has 0 saturated heterocycles. The average molecular weight is 526 g/mol. The fourth-order valence-corrected chi connectivity index (χ4v) is 5.55. The molecule has 0 fully saturated rings. The molecule has 1 aliphatic heterocycles. The van der Waals surface area contributed by atoms with E-state index in [0.717, 1.165) is 38.5 Å². The van der Waals surface area contributed by atoms with Gasteiger partial charge in [-0.1, -0.05) is 65.3 Å². The Labute approximate surface area is 208 Å². The maximum atomic E-state index is 13.5. The van der Waals surface area contributed by atoms with Crippen molar-refractivity contribution >= 4 is 45.2 Å². The lowest BCUT2D eigenvalue weighted by molar-refractivity contribution is -0.145. The number of allylic oxidation sites excluding steroid dienone is 2. The van der Waals surface area contributed by atoms with E-state index in [4.69, 9.17) is 9.73 Å². The first-order chi connectivity index (χ1) is 16.0. The highest BCUT2D eigenvalue weighted by atomic mass is 79.9. The van der Waals surface area contributed by atoms with E-state index in [1.165, 1.54) is 0 Å². The standard InChI is InChI=1S/C27H28BrNO3S/c1-3-33-14-13-32-27(31)24-17(2)29-22-15-20(18-7-5-4-6-8-18)16-23(30)26(22)25(24)19-9-11-21(28)12-10-19/h4-12,20,24-25H,3,13-16H2,1-2H3/t20-,24?,25+/m0/s1. The predicted molar refractivity (Wildman–Crippen MR) is 138 cm³/mol. The van der Waals surface area contributed by atoms with E-state index in [1.807, 2.05) is 49.4 Å². The summed E-state index contributed by atoms with van der Waals surface area (Å²) in [6, 6.07) is 18.0. The van der Waals surface area contributed by atoms with Gasteiger partial charge in [0.15, 0.2) is 5.78 Å². The van der Waals surface area contributed by atoms with Crippen molar-refractivity contribution in [1.29, 1.82) is 0 Å². The second-order valence-corrected chi connectivity index (χ2v) is 10.7. The molecule has 0 saturated carbocycles. The number of hydrogen-bond acceptors (Lipinski definition) is 5. The normalized spacial score (nSPS) is 22.6. The molecule has 1 unspecified atom stereocenters. The van der Waals surface area contributed by atoms with E-state index in [1.54, 1.807) is 11.8 Å². The minimum absolute atomic E-state index is 0.0774. The molecule has 2 aromatic rings. The lowest BCUT2D eigenvalue weighted by Gasteiger charge is -2.36. The van der Waals surface area contributed by atoms with Gasteiger partial charge in [-0.3, -0.25) is 14.6 Å². The van der Waals surface area contributed by atoms with E-state index in [9.17, 15) is 9.59 Å². The number of hydrogen-bond donors (Lipinski definition) is 0. The minimum Gasteiger partial charge on any atom is -0.464 e. The van der Waals surface area contributed by atoms with Gasteiger partial charge in [0.05, 0.1) is 0 Å². The monoisotopic (exact) mass is 525 g/mol. The van der Waals surface area contributed by atoms with Crippen molar-refractivity contribution in [1.82, 2.24) is 0 Å². The van der Waals surface area contributed by atoms with Crippen molar-refractivity contribution in [3.8, 4) is 0 Å². The van der Waals surface area contributed by atoms with Crippen LogP contribution in [-0.4, -0.2) is 35.6 Å². The second kappa shape index (κ2) is 10.8. The molecule has 172 valence electrons. The van der Waals surface area contributed by atoms with Crippen molar-refractivity contribution in [3.05, 3.63) is 81.5 Å². The molecule has 0 amide bonds. The number of ether oxygens (including phenoxy) is 1. The summed E-state index contributed by atoms with van der Waals surface area (Å²) in [5.41, 5.74) is 4.31. The van der Waals surface area contributed by atoms with Crippen LogP contribution in [0.1, 0.15) is 49.7 Å². The highest BCUT2D eigenvalue weighted by Gasteiger charge is 2.44. The summed E-state index contributed by atoms with van der Waals surface area (Å²) in [6.45, 7) is 4.34. The first-order valence-electron chi connectivity index (χ1n) is 11.4. The fourth-order valence-electron chi connectivity index (χ4n) is 4.79. The summed E-state index contributed by atoms with van der Waals surface area (Å²) in [5, 5.41) is 0. The van der Waals surface area contributed by atoms with Crippen LogP contribution in [-0.2, 0) is 14.3 Å². The minimum atomic E-state index is -0.589. The molecule has 33 heavy (non-hydrogen) atoms. The Kier molecular flexibility index (Phi) is 7.86. The zero-order chi connectivity index (χ0) is 23.4. The Hall–Kier alpha value is -2.18. The highest BCUT2D eigenvalue weighted by molar-refractivity contribution is 9.10. The van der Waals surface area contributed by atoms with E-state index in [2.05, 4.69) is 35.0 Å². The van der Waals surface area contributed by atoms with Crippen molar-refractivity contribution in [2.45, 2.75) is 38.5 Å². The molecule has 2 aromatic carbocycles. The Bertz CT molecular complexity index is 1080. The molecule has 0 spiro atoms. The lowest BCUT2D eigenvalue weighted by Crippen LogP contribution is -2.38. The van der Waals surface area contributed by atoms with Gasteiger partial charge in [-0.25, -0.2) is 0 Å². The fraction of sp³-hybridized carbons (Fsp3) is 0.370. The number of nitrogens with zero attached hydrogens (tertiary/aromatic N) is 1. The quantitative estimate of drug-likeness (QED) is 0.313. The topological polar surface area (TPSA) is 55.7 Å². The van der Waals surface area contributed by atoms with Crippen LogP contribution < -0.4 is 0 Å². The summed E-state index contributed by atoms with van der Waals surface area (Å²) < 4.78 is 6.61. The number of rotatable bonds is 7. The zero-order valence-electron chi connectivity index (χ0n) is 18.9. The lowest BCUT2D eigenvalue weighted by atomic mass is 9.69. The second-order valence-electron chi connectivity index (χ2n) is 8.42. The van der Waals surface area contributed by atoms with E-state index < -0.39 is 5.92 Å². The molecule has 0 bridgehead atoms. The van der Waals surface area contributed by atoms with Crippen LogP contribution in [0.25, 0.3) is 0 Å². The molecule has 1 aliphatic carbocycles. The number of thioether (sulfide) groups is 1. The number of ketones is 1. The maximum absolute atomic E-state index is 13.5. The zero-order valence-corrected chi connectivity index (χ0v) is 21.3. The molecular weight excluding hydrogens is 498 g/mol. The average Bonchev–Trinajstić information content (AvgIpc) is 2.82. The van der Waals surface area contributed by atoms with Gasteiger partial charge in [0, 0.05) is 39.5 Å². The van der Waals surface area contributed by atoms with Gasteiger partial charge in [-0.15, -0.1) is 0 Å². The summed E-state index contributed by atoms with van der Waals surface area (Å²) in [5.74, 6) is 0.666. The largest absolute Gasteiger partial charge is 0.464 e. The van der Waals surface area contributed by atoms with Crippen LogP contribution in [0.4, 0.5) is 0 Å². The Morgan fingerprint density at radius 2 is 1.82 bits per heavy atom. The Balaban J connectivity index is 1.70. The molecule has 4 rings (SSSR count). The van der Waals surface area contributed by atoms with Crippen LogP contribution >= 0.6 is 27.7 Å². The number of carbonyl (C=O) groups is 2. The van der Waals surface area contributed by atoms with Gasteiger partial charge in [-0.2, -0.15) is 11.8 Å². The molecule has 0 N–H and O–H groups in total. The Morgan fingerprint density at radius 3 is 2.52 bits per heavy atom. The number of aliphatic imine (C=N–C) groups is 1. The van der Waals surface area contributed by atoms with E-state index in [-0.39, 0.29) is 23.6 Å². The molecule has 6 heteroatoms. The van der Waals surface area contributed by atoms with Crippen molar-refractivity contribution in [3.63, 3.8) is 0 Å². The van der Waals surface area contributed by atoms with Crippen LogP contribution in [0.2, 0.25) is 0 Å². The summed E-state index contributed by atoms with van der Waals surface area (Å²) in [7, 11) is 0. The molecule has 1 heterocycles. The molecule has 0 aromatic heterocycles. The van der Waals surface area contributed by atoms with Crippen LogP contribution in [0.15, 0.2) is 75.3 Å². The van der Waals surface area contributed by atoms with Gasteiger partial charge in [-0.05, 0) is 48.3 Å². The molecule has 0 radical (unpaired) electrons. The number of carbonyl (C=O) groups excluding carboxylic acids is 2. The summed E-state index contributed by atoms with van der Waals surface area (Å²) in [6.07, 6.45) is 1.13. The smallest absolute Gasteiger partial charge is 0.315 e. The van der Waals surface area contributed by atoms with Gasteiger partial charge >= 0.3 is 5.97 Å². The summed E-state index contributed by atoms with van der Waals surface area (Å²) in [4.78, 5) is 31.6. The van der Waals surface area contributed by atoms with E-state index in [0.29, 0.717) is 25.0 Å². The number of halogens is 1. The summed E-state index contributed by atoms with van der Waals surface area (Å²) >= 11 is 5.23. The third kappa shape index (κ3) is 5.33. The predicted octanol–water partition coefficient (Wildman–Crippen LogP) is 6.32. The van der Waals surface area contributed by atoms with Crippen molar-refractivity contribution in [2.75, 3.05) is 18.1 Å². The van der Waals surface area contributed by atoms with Crippen molar-refractivity contribution in [2.24, 2.45) is 10.9 Å². The molecule has 4 nitrogen and oxygen atoms in total. The number of Topliss-reactive ketones (excluding diaryl/α,β-unsaturated/α-hetero) is 1. The van der Waals surface area contributed by atoms with Gasteiger partial charge in [0.1, 0.15) is 12.5 Å². The maximum Gasteiger partial charge on any atom is 0.315 e. The third-order valence-electron chi connectivity index (χ3n) is 6.32. The Morgan fingerprint density at radius 1 is 1.09 bits per heavy atom. The van der Waals surface area contributed by atoms with E-state index >= 15 is 0 Å².